The van der Waals surface area contributed by atoms with Crippen LogP contribution in [0.25, 0.3) is 0 Å². The van der Waals surface area contributed by atoms with Gasteiger partial charge in [-0.2, -0.15) is 0 Å². The van der Waals surface area contributed by atoms with Crippen LogP contribution in [0.2, 0.25) is 0 Å². The average Bonchev–Trinajstić information content (AvgIpc) is 3.16. The first kappa shape index (κ1) is 21.6. The Morgan fingerprint density at radius 1 is 1.17 bits per heavy atom. The van der Waals surface area contributed by atoms with Gasteiger partial charge >= 0.3 is 0 Å². The molecule has 30 heavy (non-hydrogen) atoms. The predicted molar refractivity (Wildman–Crippen MR) is 112 cm³/mol. The van der Waals surface area contributed by atoms with Gasteiger partial charge in [0, 0.05) is 19.5 Å². The molecule has 160 valence electrons. The number of carbonyl (C=O) groups excluding carboxylic acids is 2. The molecule has 0 aromatic heterocycles. The van der Waals surface area contributed by atoms with E-state index in [1.807, 2.05) is 48.5 Å². The molecule has 2 atom stereocenters. The number of likely N-dealkylation sites (tertiary alicyclic amines) is 1. The van der Waals surface area contributed by atoms with Gasteiger partial charge in [0.05, 0.1) is 32.8 Å². The maximum Gasteiger partial charge on any atom is 0.225 e. The number of methoxy groups -OCH3 is 2. The number of aliphatic hydroxyl groups is 1. The number of nitrogens with one attached hydrogen (secondary N) is 1. The Labute approximate surface area is 176 Å². The first-order chi connectivity index (χ1) is 14.5. The van der Waals surface area contributed by atoms with Crippen molar-refractivity contribution in [3.05, 3.63) is 59.7 Å². The molecule has 2 N–H and O–H groups in total. The summed E-state index contributed by atoms with van der Waals surface area (Å²) in [5.41, 5.74) is 1.86. The zero-order valence-corrected chi connectivity index (χ0v) is 17.3. The van der Waals surface area contributed by atoms with Crippen LogP contribution in [0.5, 0.6) is 11.5 Å². The highest BCUT2D eigenvalue weighted by molar-refractivity contribution is 5.89. The fourth-order valence-electron chi connectivity index (χ4n) is 3.67. The van der Waals surface area contributed by atoms with Crippen LogP contribution in [0.4, 0.5) is 0 Å². The summed E-state index contributed by atoms with van der Waals surface area (Å²) in [5, 5.41) is 12.5. The van der Waals surface area contributed by atoms with E-state index in [4.69, 9.17) is 9.47 Å². The molecule has 0 radical (unpaired) electrons. The van der Waals surface area contributed by atoms with E-state index in [0.717, 1.165) is 11.1 Å². The summed E-state index contributed by atoms with van der Waals surface area (Å²) < 4.78 is 10.6. The lowest BCUT2D eigenvalue weighted by atomic mass is 10.0. The quantitative estimate of drug-likeness (QED) is 0.657. The van der Waals surface area contributed by atoms with Crippen LogP contribution in [0.1, 0.15) is 23.6 Å². The Morgan fingerprint density at radius 2 is 1.90 bits per heavy atom. The molecule has 1 saturated heterocycles. The highest BCUT2D eigenvalue weighted by Gasteiger charge is 2.34. The lowest BCUT2D eigenvalue weighted by Gasteiger charge is -2.20. The molecular formula is C23H28N2O5. The highest BCUT2D eigenvalue weighted by Crippen LogP contribution is 2.28. The number of ether oxygens (including phenoxy) is 2. The lowest BCUT2D eigenvalue weighted by Crippen LogP contribution is -2.37. The van der Waals surface area contributed by atoms with E-state index >= 15 is 0 Å². The number of aliphatic hydroxyl groups excluding tert-OH is 1. The third-order valence-electron chi connectivity index (χ3n) is 5.40. The molecule has 7 nitrogen and oxygen atoms in total. The standard InChI is InChI=1S/C23H28N2O5/c1-29-20-9-8-16(12-21(20)30-2)10-11-25-14-18(13-22(25)27)23(28)24-19(15-26)17-6-4-3-5-7-17/h3-9,12,18-19,26H,10-11,13-15H2,1-2H3,(H,24,28)/t18-,19-/m0/s1. The summed E-state index contributed by atoms with van der Waals surface area (Å²) in [4.78, 5) is 26.8. The maximum atomic E-state index is 12.7. The maximum absolute atomic E-state index is 12.7. The van der Waals surface area contributed by atoms with Gasteiger partial charge in [-0.05, 0) is 29.7 Å². The van der Waals surface area contributed by atoms with E-state index in [1.165, 1.54) is 0 Å². The molecule has 0 saturated carbocycles. The fraction of sp³-hybridized carbons (Fsp3) is 0.391. The smallest absolute Gasteiger partial charge is 0.225 e. The van der Waals surface area contributed by atoms with Crippen molar-refractivity contribution >= 4 is 11.8 Å². The second-order valence-electron chi connectivity index (χ2n) is 7.33. The zero-order chi connectivity index (χ0) is 21.5. The van der Waals surface area contributed by atoms with Crippen molar-refractivity contribution in [2.24, 2.45) is 5.92 Å². The molecule has 2 aromatic rings. The van der Waals surface area contributed by atoms with E-state index in [2.05, 4.69) is 5.32 Å². The molecule has 0 unspecified atom stereocenters. The van der Waals surface area contributed by atoms with Crippen LogP contribution >= 0.6 is 0 Å². The van der Waals surface area contributed by atoms with E-state index in [1.54, 1.807) is 19.1 Å². The minimum Gasteiger partial charge on any atom is -0.493 e. The largest absolute Gasteiger partial charge is 0.493 e. The van der Waals surface area contributed by atoms with Crippen LogP contribution in [0.15, 0.2) is 48.5 Å². The van der Waals surface area contributed by atoms with Crippen LogP contribution in [-0.2, 0) is 16.0 Å². The molecule has 2 amide bonds. The number of carbonyl (C=O) groups is 2. The molecule has 0 bridgehead atoms. The molecular weight excluding hydrogens is 384 g/mol. The third-order valence-corrected chi connectivity index (χ3v) is 5.40. The summed E-state index contributed by atoms with van der Waals surface area (Å²) in [6.45, 7) is 0.713. The van der Waals surface area contributed by atoms with Gasteiger partial charge in [0.15, 0.2) is 11.5 Å². The second kappa shape index (κ2) is 10.1. The molecule has 0 spiro atoms. The van der Waals surface area contributed by atoms with Crippen molar-refractivity contribution < 1.29 is 24.2 Å². The van der Waals surface area contributed by atoms with Crippen LogP contribution in [0.3, 0.4) is 0 Å². The van der Waals surface area contributed by atoms with Crippen molar-refractivity contribution in [3.63, 3.8) is 0 Å². The summed E-state index contributed by atoms with van der Waals surface area (Å²) >= 11 is 0. The summed E-state index contributed by atoms with van der Waals surface area (Å²) in [5.74, 6) is 0.652. The van der Waals surface area contributed by atoms with Gasteiger partial charge in [0.1, 0.15) is 0 Å². The van der Waals surface area contributed by atoms with Gasteiger partial charge in [0.2, 0.25) is 11.8 Å². The first-order valence-electron chi connectivity index (χ1n) is 10.0. The third kappa shape index (κ3) is 5.10. The van der Waals surface area contributed by atoms with Crippen molar-refractivity contribution in [2.45, 2.75) is 18.9 Å². The van der Waals surface area contributed by atoms with E-state index in [-0.39, 0.29) is 24.8 Å². The van der Waals surface area contributed by atoms with Gasteiger partial charge in [-0.3, -0.25) is 9.59 Å². The number of hydrogen-bond donors (Lipinski definition) is 2. The number of benzene rings is 2. The van der Waals surface area contributed by atoms with Gasteiger partial charge in [-0.15, -0.1) is 0 Å². The molecule has 1 heterocycles. The van der Waals surface area contributed by atoms with Crippen molar-refractivity contribution in [3.8, 4) is 11.5 Å². The summed E-state index contributed by atoms with van der Waals surface area (Å²) in [7, 11) is 3.18. The van der Waals surface area contributed by atoms with Gasteiger partial charge in [-0.25, -0.2) is 0 Å². The Balaban J connectivity index is 1.56. The summed E-state index contributed by atoms with van der Waals surface area (Å²) in [6.07, 6.45) is 0.842. The molecule has 1 aliphatic heterocycles. The fourth-order valence-corrected chi connectivity index (χ4v) is 3.67. The molecule has 0 aliphatic carbocycles. The Hall–Kier alpha value is -3.06. The molecule has 7 heteroatoms. The normalized spacial score (nSPS) is 17.0. The number of rotatable bonds is 9. The van der Waals surface area contributed by atoms with E-state index < -0.39 is 12.0 Å². The molecule has 2 aromatic carbocycles. The zero-order valence-electron chi connectivity index (χ0n) is 17.3. The number of hydrogen-bond acceptors (Lipinski definition) is 5. The van der Waals surface area contributed by atoms with Crippen LogP contribution in [0, 0.1) is 5.92 Å². The summed E-state index contributed by atoms with van der Waals surface area (Å²) in [6, 6.07) is 14.5. The molecule has 1 aliphatic rings. The molecule has 3 rings (SSSR count). The predicted octanol–water partition coefficient (Wildman–Crippen LogP) is 1.94. The van der Waals surface area contributed by atoms with Gasteiger partial charge in [0.25, 0.3) is 0 Å². The van der Waals surface area contributed by atoms with E-state index in [9.17, 15) is 14.7 Å². The monoisotopic (exact) mass is 412 g/mol. The minimum atomic E-state index is -0.477. The SMILES string of the molecule is COc1ccc(CCN2C[C@@H](C(=O)N[C@@H](CO)c3ccccc3)CC2=O)cc1OC. The average molecular weight is 412 g/mol. The van der Waals surface area contributed by atoms with Gasteiger partial charge < -0.3 is 24.8 Å². The van der Waals surface area contributed by atoms with Crippen molar-refractivity contribution in [1.29, 1.82) is 0 Å². The Kier molecular flexibility index (Phi) is 7.30. The highest BCUT2D eigenvalue weighted by atomic mass is 16.5. The Morgan fingerprint density at radius 3 is 2.57 bits per heavy atom. The minimum absolute atomic E-state index is 0.0316. The molecule has 1 fully saturated rings. The van der Waals surface area contributed by atoms with E-state index in [0.29, 0.717) is 31.0 Å². The second-order valence-corrected chi connectivity index (χ2v) is 7.33. The Bertz CT molecular complexity index is 871. The van der Waals surface area contributed by atoms with Crippen LogP contribution < -0.4 is 14.8 Å². The first-order valence-corrected chi connectivity index (χ1v) is 10.0. The number of nitrogens with zero attached hydrogens (tertiary/aromatic N) is 1. The topological polar surface area (TPSA) is 88.1 Å². The van der Waals surface area contributed by atoms with Crippen molar-refractivity contribution in [1.82, 2.24) is 10.2 Å². The lowest BCUT2D eigenvalue weighted by molar-refractivity contribution is -0.129. The van der Waals surface area contributed by atoms with Crippen LogP contribution in [-0.4, -0.2) is 55.7 Å². The number of amides is 2. The van der Waals surface area contributed by atoms with Gasteiger partial charge in [-0.1, -0.05) is 36.4 Å². The van der Waals surface area contributed by atoms with Crippen molar-refractivity contribution in [2.75, 3.05) is 33.9 Å².